The van der Waals surface area contributed by atoms with E-state index in [1.165, 1.54) is 6.20 Å². The van der Waals surface area contributed by atoms with E-state index in [9.17, 15) is 22.8 Å². The fourth-order valence-corrected chi connectivity index (χ4v) is 1.08. The highest BCUT2D eigenvalue weighted by Gasteiger charge is 2.42. The van der Waals surface area contributed by atoms with Gasteiger partial charge in [0.2, 0.25) is 0 Å². The number of nitrogens with zero attached hydrogens (tertiary/aromatic N) is 4. The highest BCUT2D eigenvalue weighted by Crippen LogP contribution is 2.15. The number of halogens is 3. The first-order chi connectivity index (χ1) is 8.39. The third-order valence-electron chi connectivity index (χ3n) is 1.80. The monoisotopic (exact) mass is 260 g/mol. The van der Waals surface area contributed by atoms with E-state index in [-0.39, 0.29) is 15.8 Å². The highest BCUT2D eigenvalue weighted by atomic mass is 19.4. The lowest BCUT2D eigenvalue weighted by atomic mass is 10.4. The van der Waals surface area contributed by atoms with Crippen molar-refractivity contribution in [3.63, 3.8) is 0 Å². The van der Waals surface area contributed by atoms with Gasteiger partial charge in [-0.1, -0.05) is 4.73 Å². The summed E-state index contributed by atoms with van der Waals surface area (Å²) in [6.07, 6.45) is -1.99. The topological polar surface area (TPSA) is 87.0 Å². The first-order valence-corrected chi connectivity index (χ1v) is 4.37. The summed E-state index contributed by atoms with van der Waals surface area (Å²) in [5.74, 6) is -2.54. The zero-order valence-corrected chi connectivity index (χ0v) is 8.38. The van der Waals surface area contributed by atoms with Crippen molar-refractivity contribution in [3.8, 4) is 0 Å². The second-order valence-electron chi connectivity index (χ2n) is 3.01. The van der Waals surface area contributed by atoms with Gasteiger partial charge in [0.05, 0.1) is 5.39 Å². The number of hydrogen-bond acceptors (Lipinski definition) is 6. The van der Waals surface area contributed by atoms with Crippen molar-refractivity contribution in [2.75, 3.05) is 0 Å². The standard InChI is InChI=1S/C8H3F3N4O3/c9-8(10,11)6(16)18-15-5-4(1-12-3-14-5)2-13-7(15)17/h1-3H. The number of rotatable bonds is 1. The van der Waals surface area contributed by atoms with Crippen LogP contribution in [0.2, 0.25) is 0 Å². The molecule has 7 nitrogen and oxygen atoms in total. The maximum atomic E-state index is 12.0. The van der Waals surface area contributed by atoms with E-state index in [2.05, 4.69) is 19.8 Å². The van der Waals surface area contributed by atoms with Crippen LogP contribution in [0.4, 0.5) is 13.2 Å². The number of carbonyl (C=O) groups excluding carboxylic acids is 1. The molecular formula is C8H3F3N4O3. The summed E-state index contributed by atoms with van der Waals surface area (Å²) < 4.78 is 36.1. The van der Waals surface area contributed by atoms with Gasteiger partial charge < -0.3 is 4.84 Å². The Hall–Kier alpha value is -2.52. The van der Waals surface area contributed by atoms with Crippen molar-refractivity contribution >= 4 is 17.0 Å². The Balaban J connectivity index is 2.54. The van der Waals surface area contributed by atoms with E-state index in [1.54, 1.807) is 0 Å². The van der Waals surface area contributed by atoms with Crippen molar-refractivity contribution in [3.05, 3.63) is 29.2 Å². The zero-order valence-electron chi connectivity index (χ0n) is 8.38. The molecule has 0 atom stereocenters. The molecule has 0 unspecified atom stereocenters. The minimum atomic E-state index is -5.23. The molecule has 0 aliphatic carbocycles. The molecule has 2 aromatic rings. The van der Waals surface area contributed by atoms with Crippen molar-refractivity contribution < 1.29 is 22.8 Å². The Kier molecular flexibility index (Phi) is 2.69. The van der Waals surface area contributed by atoms with E-state index < -0.39 is 17.8 Å². The lowest BCUT2D eigenvalue weighted by molar-refractivity contribution is -0.199. The SMILES string of the molecule is O=C(On1c(=O)ncc2cncnc21)C(F)(F)F. The molecule has 0 saturated carbocycles. The fourth-order valence-electron chi connectivity index (χ4n) is 1.08. The molecule has 10 heteroatoms. The van der Waals surface area contributed by atoms with Crippen LogP contribution in [0, 0.1) is 0 Å². The Bertz CT molecular complexity index is 666. The van der Waals surface area contributed by atoms with Gasteiger partial charge in [-0.3, -0.25) is 0 Å². The van der Waals surface area contributed by atoms with Crippen LogP contribution in [0.1, 0.15) is 0 Å². The summed E-state index contributed by atoms with van der Waals surface area (Å²) in [6, 6.07) is 0. The van der Waals surface area contributed by atoms with Crippen LogP contribution in [0.15, 0.2) is 23.5 Å². The molecule has 0 fully saturated rings. The average molecular weight is 260 g/mol. The molecule has 2 aromatic heterocycles. The molecule has 0 bridgehead atoms. The summed E-state index contributed by atoms with van der Waals surface area (Å²) in [4.78, 5) is 36.2. The van der Waals surface area contributed by atoms with Gasteiger partial charge in [0.15, 0.2) is 5.65 Å². The quantitative estimate of drug-likeness (QED) is 0.699. The van der Waals surface area contributed by atoms with E-state index >= 15 is 0 Å². The van der Waals surface area contributed by atoms with Gasteiger partial charge in [-0.05, 0) is 0 Å². The largest absolute Gasteiger partial charge is 0.493 e. The van der Waals surface area contributed by atoms with E-state index in [0.717, 1.165) is 12.5 Å². The second kappa shape index (κ2) is 4.05. The van der Waals surface area contributed by atoms with Gasteiger partial charge >= 0.3 is 17.8 Å². The highest BCUT2D eigenvalue weighted by molar-refractivity contribution is 5.77. The lowest BCUT2D eigenvalue weighted by Gasteiger charge is -2.08. The average Bonchev–Trinajstić information content (AvgIpc) is 2.31. The summed E-state index contributed by atoms with van der Waals surface area (Å²) >= 11 is 0. The van der Waals surface area contributed by atoms with Crippen LogP contribution in [-0.2, 0) is 4.79 Å². The maximum Gasteiger partial charge on any atom is 0.493 e. The molecule has 0 aliphatic heterocycles. The Labute approximate surface area is 95.8 Å². The first-order valence-electron chi connectivity index (χ1n) is 4.37. The van der Waals surface area contributed by atoms with Crippen LogP contribution in [0.25, 0.3) is 11.0 Å². The smallest absolute Gasteiger partial charge is 0.321 e. The summed E-state index contributed by atoms with van der Waals surface area (Å²) in [5, 5.41) is 0.145. The van der Waals surface area contributed by atoms with Gasteiger partial charge in [0.1, 0.15) is 6.33 Å². The molecule has 0 amide bonds. The number of alkyl halides is 3. The fraction of sp³-hybridized carbons (Fsp3) is 0.125. The maximum absolute atomic E-state index is 12.0. The normalized spacial score (nSPS) is 11.5. The Morgan fingerprint density at radius 1 is 1.28 bits per heavy atom. The molecule has 0 aromatic carbocycles. The van der Waals surface area contributed by atoms with Crippen molar-refractivity contribution in [1.82, 2.24) is 19.7 Å². The predicted octanol–water partition coefficient (Wildman–Crippen LogP) is -0.296. The van der Waals surface area contributed by atoms with Gasteiger partial charge in [0, 0.05) is 12.4 Å². The zero-order chi connectivity index (χ0) is 13.3. The number of carbonyl (C=O) groups is 1. The lowest BCUT2D eigenvalue weighted by Crippen LogP contribution is -2.39. The van der Waals surface area contributed by atoms with Crippen LogP contribution in [0.3, 0.4) is 0 Å². The molecule has 0 spiro atoms. The van der Waals surface area contributed by atoms with Crippen molar-refractivity contribution in [1.29, 1.82) is 0 Å². The first kappa shape index (κ1) is 12.0. The van der Waals surface area contributed by atoms with E-state index in [0.29, 0.717) is 0 Å². The minimum Gasteiger partial charge on any atom is -0.321 e. The van der Waals surface area contributed by atoms with Crippen LogP contribution in [0.5, 0.6) is 0 Å². The Morgan fingerprint density at radius 3 is 2.67 bits per heavy atom. The van der Waals surface area contributed by atoms with Gasteiger partial charge in [-0.2, -0.15) is 18.2 Å². The summed E-state index contributed by atoms with van der Waals surface area (Å²) in [6.45, 7) is 0. The van der Waals surface area contributed by atoms with Crippen molar-refractivity contribution in [2.24, 2.45) is 0 Å². The molecule has 94 valence electrons. The molecule has 0 N–H and O–H groups in total. The Morgan fingerprint density at radius 2 is 2.00 bits per heavy atom. The molecule has 0 radical (unpaired) electrons. The van der Waals surface area contributed by atoms with E-state index in [1.807, 2.05) is 0 Å². The molecule has 0 aliphatic rings. The third-order valence-corrected chi connectivity index (χ3v) is 1.80. The number of aromatic nitrogens is 4. The number of hydrogen-bond donors (Lipinski definition) is 0. The van der Waals surface area contributed by atoms with Crippen LogP contribution in [-0.4, -0.2) is 31.8 Å². The van der Waals surface area contributed by atoms with Gasteiger partial charge in [-0.25, -0.2) is 19.6 Å². The van der Waals surface area contributed by atoms with Gasteiger partial charge in [0.25, 0.3) is 0 Å². The molecule has 18 heavy (non-hydrogen) atoms. The summed E-state index contributed by atoms with van der Waals surface area (Å²) in [5.41, 5.74) is -1.48. The third kappa shape index (κ3) is 2.12. The van der Waals surface area contributed by atoms with Crippen LogP contribution < -0.4 is 10.5 Å². The molecular weight excluding hydrogens is 257 g/mol. The van der Waals surface area contributed by atoms with E-state index in [4.69, 9.17) is 0 Å². The van der Waals surface area contributed by atoms with Gasteiger partial charge in [-0.15, -0.1) is 0 Å². The molecule has 2 heterocycles. The van der Waals surface area contributed by atoms with Crippen LogP contribution >= 0.6 is 0 Å². The predicted molar refractivity (Wildman–Crippen MR) is 49.2 cm³/mol. The molecule has 0 saturated heterocycles. The number of fused-ring (bicyclic) bond motifs is 1. The summed E-state index contributed by atoms with van der Waals surface area (Å²) in [7, 11) is 0. The second-order valence-corrected chi connectivity index (χ2v) is 3.01. The minimum absolute atomic E-state index is 0.0623. The van der Waals surface area contributed by atoms with Crippen molar-refractivity contribution in [2.45, 2.75) is 6.18 Å². The molecule has 2 rings (SSSR count).